The highest BCUT2D eigenvalue weighted by molar-refractivity contribution is 7.98. The van der Waals surface area contributed by atoms with E-state index in [4.69, 9.17) is 19.6 Å². The molecule has 4 aromatic rings. The summed E-state index contributed by atoms with van der Waals surface area (Å²) in [5.41, 5.74) is 6.14. The van der Waals surface area contributed by atoms with E-state index in [9.17, 15) is 9.59 Å². The van der Waals surface area contributed by atoms with Crippen LogP contribution in [0.4, 0.5) is 0 Å². The van der Waals surface area contributed by atoms with Crippen molar-refractivity contribution in [3.8, 4) is 23.0 Å². The molecule has 0 atom stereocenters. The first kappa shape index (κ1) is 21.4. The molecule has 0 spiro atoms. The maximum absolute atomic E-state index is 12.8. The van der Waals surface area contributed by atoms with Crippen molar-refractivity contribution in [3.05, 3.63) is 58.6 Å². The molecule has 2 N–H and O–H groups in total. The second-order valence-electron chi connectivity index (χ2n) is 6.63. The minimum atomic E-state index is -0.637. The minimum absolute atomic E-state index is 0.217. The van der Waals surface area contributed by atoms with Crippen molar-refractivity contribution in [1.82, 2.24) is 19.7 Å². The van der Waals surface area contributed by atoms with Gasteiger partial charge in [-0.2, -0.15) is 0 Å². The molecule has 164 valence electrons. The standard InChI is InChI=1S/C21H19N5O5S/c1-29-12-7-8-14(16(9-12)30-2)19-24-25-21(31-19)32-11-18-23-15-6-4-3-5-13(15)20(28)26(18)10-17(22)27/h3-9H,10-11H2,1-2H3,(H2,22,27). The van der Waals surface area contributed by atoms with Gasteiger partial charge in [-0.15, -0.1) is 10.2 Å². The Labute approximate surface area is 186 Å². The van der Waals surface area contributed by atoms with E-state index in [1.165, 1.54) is 23.4 Å². The molecule has 10 nitrogen and oxygen atoms in total. The summed E-state index contributed by atoms with van der Waals surface area (Å²) in [5, 5.41) is 8.81. The zero-order valence-corrected chi connectivity index (χ0v) is 18.1. The molecule has 0 radical (unpaired) electrons. The van der Waals surface area contributed by atoms with E-state index in [-0.39, 0.29) is 29.0 Å². The van der Waals surface area contributed by atoms with Gasteiger partial charge in [0, 0.05) is 6.07 Å². The van der Waals surface area contributed by atoms with Gasteiger partial charge in [0.05, 0.1) is 36.4 Å². The van der Waals surface area contributed by atoms with Crippen LogP contribution in [0.25, 0.3) is 22.4 Å². The van der Waals surface area contributed by atoms with Crippen LogP contribution in [0.5, 0.6) is 11.5 Å². The van der Waals surface area contributed by atoms with Crippen LogP contribution in [0.15, 0.2) is 56.9 Å². The largest absolute Gasteiger partial charge is 0.497 e. The van der Waals surface area contributed by atoms with Crippen LogP contribution >= 0.6 is 11.8 Å². The number of aromatic nitrogens is 4. The molecular formula is C21H19N5O5S. The fraction of sp³-hybridized carbons (Fsp3) is 0.190. The number of amides is 1. The molecule has 4 rings (SSSR count). The molecule has 2 aromatic heterocycles. The lowest BCUT2D eigenvalue weighted by atomic mass is 10.2. The van der Waals surface area contributed by atoms with Crippen molar-refractivity contribution in [2.24, 2.45) is 5.73 Å². The van der Waals surface area contributed by atoms with Crippen molar-refractivity contribution in [3.63, 3.8) is 0 Å². The minimum Gasteiger partial charge on any atom is -0.497 e. The average Bonchev–Trinajstić information content (AvgIpc) is 3.28. The lowest BCUT2D eigenvalue weighted by molar-refractivity contribution is -0.118. The lowest BCUT2D eigenvalue weighted by Gasteiger charge is -2.11. The van der Waals surface area contributed by atoms with Crippen molar-refractivity contribution < 1.29 is 18.7 Å². The molecule has 0 aliphatic rings. The predicted molar refractivity (Wildman–Crippen MR) is 118 cm³/mol. The summed E-state index contributed by atoms with van der Waals surface area (Å²) in [6.07, 6.45) is 0. The molecule has 0 aliphatic carbocycles. The number of hydrogen-bond acceptors (Lipinski definition) is 9. The Balaban J connectivity index is 1.62. The number of methoxy groups -OCH3 is 2. The van der Waals surface area contributed by atoms with Gasteiger partial charge in [-0.3, -0.25) is 14.2 Å². The first-order valence-electron chi connectivity index (χ1n) is 9.45. The Morgan fingerprint density at radius 2 is 1.97 bits per heavy atom. The van der Waals surface area contributed by atoms with Crippen LogP contribution in [0.2, 0.25) is 0 Å². The summed E-state index contributed by atoms with van der Waals surface area (Å²) in [6, 6.07) is 12.2. The predicted octanol–water partition coefficient (Wildman–Crippen LogP) is 2.24. The molecule has 0 aliphatic heterocycles. The summed E-state index contributed by atoms with van der Waals surface area (Å²) in [7, 11) is 3.10. The first-order valence-corrected chi connectivity index (χ1v) is 10.4. The van der Waals surface area contributed by atoms with E-state index >= 15 is 0 Å². The van der Waals surface area contributed by atoms with Gasteiger partial charge in [0.15, 0.2) is 0 Å². The van der Waals surface area contributed by atoms with E-state index in [0.29, 0.717) is 33.8 Å². The van der Waals surface area contributed by atoms with Gasteiger partial charge in [0.2, 0.25) is 5.91 Å². The third-order valence-electron chi connectivity index (χ3n) is 4.62. The highest BCUT2D eigenvalue weighted by Gasteiger charge is 2.17. The Hall–Kier alpha value is -3.86. The molecule has 2 aromatic carbocycles. The van der Waals surface area contributed by atoms with Crippen LogP contribution in [0, 0.1) is 0 Å². The van der Waals surface area contributed by atoms with Crippen molar-refractivity contribution >= 4 is 28.6 Å². The molecule has 0 unspecified atom stereocenters. The summed E-state index contributed by atoms with van der Waals surface area (Å²) in [6.45, 7) is -0.273. The van der Waals surface area contributed by atoms with Gasteiger partial charge in [0.1, 0.15) is 23.9 Å². The number of carbonyl (C=O) groups is 1. The second-order valence-corrected chi connectivity index (χ2v) is 7.56. The smallest absolute Gasteiger partial charge is 0.277 e. The molecule has 0 bridgehead atoms. The molecule has 32 heavy (non-hydrogen) atoms. The van der Waals surface area contributed by atoms with Gasteiger partial charge in [-0.25, -0.2) is 4.98 Å². The zero-order valence-electron chi connectivity index (χ0n) is 17.3. The summed E-state index contributed by atoms with van der Waals surface area (Å²) < 4.78 is 17.6. The van der Waals surface area contributed by atoms with Crippen LogP contribution in [0.3, 0.4) is 0 Å². The number of nitrogens with two attached hydrogens (primary N) is 1. The van der Waals surface area contributed by atoms with Crippen LogP contribution < -0.4 is 20.8 Å². The summed E-state index contributed by atoms with van der Waals surface area (Å²) in [4.78, 5) is 28.9. The van der Waals surface area contributed by atoms with Gasteiger partial charge >= 0.3 is 0 Å². The fourth-order valence-electron chi connectivity index (χ4n) is 3.12. The fourth-order valence-corrected chi connectivity index (χ4v) is 3.83. The second kappa shape index (κ2) is 9.10. The lowest BCUT2D eigenvalue weighted by Crippen LogP contribution is -2.31. The van der Waals surface area contributed by atoms with Crippen molar-refractivity contribution in [2.45, 2.75) is 17.5 Å². The third kappa shape index (κ3) is 4.28. The normalized spacial score (nSPS) is 10.9. The number of benzene rings is 2. The average molecular weight is 453 g/mol. The number of carbonyl (C=O) groups excluding carboxylic acids is 1. The Bertz CT molecular complexity index is 1350. The van der Waals surface area contributed by atoms with Gasteiger partial charge in [-0.1, -0.05) is 23.9 Å². The van der Waals surface area contributed by atoms with Crippen molar-refractivity contribution in [2.75, 3.05) is 14.2 Å². The molecule has 0 fully saturated rings. The molecule has 11 heteroatoms. The zero-order chi connectivity index (χ0) is 22.7. The maximum Gasteiger partial charge on any atom is 0.277 e. The van der Waals surface area contributed by atoms with E-state index in [1.807, 2.05) is 0 Å². The highest BCUT2D eigenvalue weighted by atomic mass is 32.2. The molecular weight excluding hydrogens is 434 g/mol. The molecule has 2 heterocycles. The number of fused-ring (bicyclic) bond motifs is 1. The number of nitrogens with zero attached hydrogens (tertiary/aromatic N) is 4. The summed E-state index contributed by atoms with van der Waals surface area (Å²) >= 11 is 1.19. The number of ether oxygens (including phenoxy) is 2. The van der Waals surface area contributed by atoms with Crippen molar-refractivity contribution in [1.29, 1.82) is 0 Å². The first-order chi connectivity index (χ1) is 15.5. The van der Waals surface area contributed by atoms with E-state index in [2.05, 4.69) is 15.2 Å². The topological polar surface area (TPSA) is 135 Å². The van der Waals surface area contributed by atoms with Gasteiger partial charge in [-0.05, 0) is 24.3 Å². The monoisotopic (exact) mass is 453 g/mol. The SMILES string of the molecule is COc1ccc(-c2nnc(SCc3nc4ccccc4c(=O)n3CC(N)=O)o2)c(OC)c1. The number of thioether (sulfide) groups is 1. The number of primary amides is 1. The summed E-state index contributed by atoms with van der Waals surface area (Å²) in [5.74, 6) is 1.38. The Kier molecular flexibility index (Phi) is 6.08. The molecule has 0 saturated heterocycles. The Morgan fingerprint density at radius 1 is 1.16 bits per heavy atom. The van der Waals surface area contributed by atoms with Crippen LogP contribution in [0.1, 0.15) is 5.82 Å². The van der Waals surface area contributed by atoms with E-state index in [0.717, 1.165) is 0 Å². The van der Waals surface area contributed by atoms with Crippen LogP contribution in [-0.2, 0) is 17.1 Å². The third-order valence-corrected chi connectivity index (χ3v) is 5.44. The van der Waals surface area contributed by atoms with Crippen LogP contribution in [-0.4, -0.2) is 39.9 Å². The number of rotatable bonds is 8. The maximum atomic E-state index is 12.8. The van der Waals surface area contributed by atoms with Gasteiger partial charge < -0.3 is 19.6 Å². The van der Waals surface area contributed by atoms with Gasteiger partial charge in [0.25, 0.3) is 16.7 Å². The molecule has 0 saturated carbocycles. The quantitative estimate of drug-likeness (QED) is 0.398. The molecule has 1 amide bonds. The number of para-hydroxylation sites is 1. The van der Waals surface area contributed by atoms with E-state index < -0.39 is 5.91 Å². The number of hydrogen-bond donors (Lipinski definition) is 1. The van der Waals surface area contributed by atoms with E-state index in [1.54, 1.807) is 49.6 Å². The Morgan fingerprint density at radius 3 is 2.72 bits per heavy atom. The highest BCUT2D eigenvalue weighted by Crippen LogP contribution is 2.34.